The summed E-state index contributed by atoms with van der Waals surface area (Å²) in [4.78, 5) is 18.1. The summed E-state index contributed by atoms with van der Waals surface area (Å²) in [6.45, 7) is 3.99. The molecule has 0 atom stereocenters. The molecule has 0 bridgehead atoms. The van der Waals surface area contributed by atoms with Crippen molar-refractivity contribution in [2.75, 3.05) is 12.4 Å². The smallest absolute Gasteiger partial charge is 0.268 e. The average Bonchev–Trinajstić information content (AvgIpc) is 3.06. The zero-order chi connectivity index (χ0) is 20.1. The molecule has 0 unspecified atom stereocenters. The number of rotatable bonds is 5. The largest absolute Gasteiger partial charge is 0.496 e. The minimum absolute atomic E-state index is 0.0192. The molecule has 0 saturated heterocycles. The van der Waals surface area contributed by atoms with Crippen LogP contribution in [0, 0.1) is 25.2 Å². The van der Waals surface area contributed by atoms with E-state index in [4.69, 9.17) is 4.74 Å². The first kappa shape index (κ1) is 19.3. The van der Waals surface area contributed by atoms with Gasteiger partial charge in [-0.25, -0.2) is 4.98 Å². The summed E-state index contributed by atoms with van der Waals surface area (Å²) in [6, 6.07) is 17.2. The van der Waals surface area contributed by atoms with Crippen LogP contribution in [0.4, 0.5) is 5.13 Å². The van der Waals surface area contributed by atoms with Crippen molar-refractivity contribution in [2.45, 2.75) is 13.8 Å². The first-order valence-electron chi connectivity index (χ1n) is 8.62. The lowest BCUT2D eigenvalue weighted by Crippen LogP contribution is -2.13. The fourth-order valence-electron chi connectivity index (χ4n) is 2.68. The maximum Gasteiger partial charge on any atom is 0.268 e. The Bertz CT molecular complexity index is 1080. The summed E-state index contributed by atoms with van der Waals surface area (Å²) >= 11 is 1.38. The molecule has 0 aliphatic rings. The molecular formula is C22H19N3O2S. The van der Waals surface area contributed by atoms with E-state index in [-0.39, 0.29) is 5.57 Å². The molecule has 0 fully saturated rings. The van der Waals surface area contributed by atoms with Gasteiger partial charge in [0.1, 0.15) is 17.4 Å². The standard InChI is InChI=1S/C22H19N3O2S/c1-14-8-10-16(11-9-14)20-15(2)28-22(24-20)25-21(26)18(13-23)12-17-6-4-5-7-19(17)27-3/h4-12H,1-3H3,(H,24,25,26)/b18-12+. The van der Waals surface area contributed by atoms with E-state index in [0.717, 1.165) is 16.1 Å². The highest BCUT2D eigenvalue weighted by Gasteiger charge is 2.15. The number of nitrogens with one attached hydrogen (secondary N) is 1. The molecule has 6 heteroatoms. The van der Waals surface area contributed by atoms with Crippen molar-refractivity contribution < 1.29 is 9.53 Å². The van der Waals surface area contributed by atoms with Crippen molar-refractivity contribution in [1.29, 1.82) is 5.26 Å². The molecule has 1 heterocycles. The third kappa shape index (κ3) is 4.27. The second kappa shape index (κ2) is 8.51. The fraction of sp³-hybridized carbons (Fsp3) is 0.136. The second-order valence-electron chi connectivity index (χ2n) is 6.16. The maximum absolute atomic E-state index is 12.6. The molecule has 1 N–H and O–H groups in total. The van der Waals surface area contributed by atoms with Crippen LogP contribution in [-0.4, -0.2) is 18.0 Å². The number of benzene rings is 2. The molecule has 1 aromatic heterocycles. The number of ether oxygens (including phenoxy) is 1. The number of hydrogen-bond donors (Lipinski definition) is 1. The molecule has 1 amide bonds. The van der Waals surface area contributed by atoms with Crippen LogP contribution in [0.2, 0.25) is 0 Å². The molecule has 140 valence electrons. The van der Waals surface area contributed by atoms with Gasteiger partial charge in [0, 0.05) is 16.0 Å². The van der Waals surface area contributed by atoms with Crippen molar-refractivity contribution >= 4 is 28.5 Å². The number of aromatic nitrogens is 1. The molecule has 0 saturated carbocycles. The lowest BCUT2D eigenvalue weighted by atomic mass is 10.1. The van der Waals surface area contributed by atoms with Crippen molar-refractivity contribution in [2.24, 2.45) is 0 Å². The van der Waals surface area contributed by atoms with E-state index in [0.29, 0.717) is 16.4 Å². The Balaban J connectivity index is 1.84. The van der Waals surface area contributed by atoms with E-state index in [1.165, 1.54) is 23.0 Å². The summed E-state index contributed by atoms with van der Waals surface area (Å²) < 4.78 is 5.27. The van der Waals surface area contributed by atoms with Crippen molar-refractivity contribution in [3.05, 3.63) is 70.1 Å². The zero-order valence-electron chi connectivity index (χ0n) is 15.8. The highest BCUT2D eigenvalue weighted by molar-refractivity contribution is 7.16. The Morgan fingerprint density at radius 1 is 1.18 bits per heavy atom. The van der Waals surface area contributed by atoms with Gasteiger partial charge >= 0.3 is 0 Å². The summed E-state index contributed by atoms with van der Waals surface area (Å²) in [5.41, 5.74) is 3.63. The van der Waals surface area contributed by atoms with Gasteiger partial charge in [0.15, 0.2) is 5.13 Å². The third-order valence-corrected chi connectivity index (χ3v) is 5.03. The number of thiazole rings is 1. The van der Waals surface area contributed by atoms with Crippen molar-refractivity contribution in [3.63, 3.8) is 0 Å². The highest BCUT2D eigenvalue weighted by Crippen LogP contribution is 2.31. The van der Waals surface area contributed by atoms with Gasteiger partial charge in [0.2, 0.25) is 0 Å². The van der Waals surface area contributed by atoms with Gasteiger partial charge in [-0.1, -0.05) is 48.0 Å². The number of anilines is 1. The van der Waals surface area contributed by atoms with Crippen LogP contribution < -0.4 is 10.1 Å². The zero-order valence-corrected chi connectivity index (χ0v) is 16.6. The predicted octanol–water partition coefficient (Wildman–Crippen LogP) is 4.98. The Hall–Kier alpha value is -3.43. The summed E-state index contributed by atoms with van der Waals surface area (Å²) in [5, 5.41) is 12.6. The van der Waals surface area contributed by atoms with E-state index in [1.54, 1.807) is 19.2 Å². The fourth-order valence-corrected chi connectivity index (χ4v) is 3.51. The van der Waals surface area contributed by atoms with Crippen LogP contribution in [0.1, 0.15) is 16.0 Å². The SMILES string of the molecule is COc1ccccc1/C=C(\C#N)C(=O)Nc1nc(-c2ccc(C)cc2)c(C)s1. The topological polar surface area (TPSA) is 75.0 Å². The monoisotopic (exact) mass is 389 g/mol. The van der Waals surface area contributed by atoms with Crippen LogP contribution in [0.25, 0.3) is 17.3 Å². The minimum atomic E-state index is -0.502. The number of amides is 1. The second-order valence-corrected chi connectivity index (χ2v) is 7.36. The van der Waals surface area contributed by atoms with Crippen molar-refractivity contribution in [1.82, 2.24) is 4.98 Å². The van der Waals surface area contributed by atoms with Crippen LogP contribution in [-0.2, 0) is 4.79 Å². The van der Waals surface area contributed by atoms with E-state index >= 15 is 0 Å². The third-order valence-electron chi connectivity index (χ3n) is 4.15. The molecule has 0 spiro atoms. The molecule has 0 radical (unpaired) electrons. The number of carbonyl (C=O) groups is 1. The Morgan fingerprint density at radius 3 is 2.57 bits per heavy atom. The Kier molecular flexibility index (Phi) is 5.87. The number of nitriles is 1. The molecular weight excluding hydrogens is 370 g/mol. The molecule has 3 aromatic rings. The molecule has 3 rings (SSSR count). The van der Waals surface area contributed by atoms with E-state index in [1.807, 2.05) is 56.3 Å². The molecule has 0 aliphatic heterocycles. The first-order chi connectivity index (χ1) is 13.5. The highest BCUT2D eigenvalue weighted by atomic mass is 32.1. The van der Waals surface area contributed by atoms with E-state index < -0.39 is 5.91 Å². The molecule has 28 heavy (non-hydrogen) atoms. The van der Waals surface area contributed by atoms with E-state index in [9.17, 15) is 10.1 Å². The first-order valence-corrected chi connectivity index (χ1v) is 9.44. The maximum atomic E-state index is 12.6. The molecule has 5 nitrogen and oxygen atoms in total. The van der Waals surface area contributed by atoms with Gasteiger partial charge in [-0.3, -0.25) is 10.1 Å². The van der Waals surface area contributed by atoms with Crippen LogP contribution >= 0.6 is 11.3 Å². The van der Waals surface area contributed by atoms with Gasteiger partial charge in [0.05, 0.1) is 12.8 Å². The lowest BCUT2D eigenvalue weighted by Gasteiger charge is -2.05. The average molecular weight is 389 g/mol. The van der Waals surface area contributed by atoms with Crippen molar-refractivity contribution in [3.8, 4) is 23.1 Å². The normalized spacial score (nSPS) is 11.0. The predicted molar refractivity (Wildman–Crippen MR) is 112 cm³/mol. The van der Waals surface area contributed by atoms with Crippen LogP contribution in [0.3, 0.4) is 0 Å². The van der Waals surface area contributed by atoms with Gasteiger partial charge in [0.25, 0.3) is 5.91 Å². The van der Waals surface area contributed by atoms with Gasteiger partial charge in [-0.15, -0.1) is 11.3 Å². The molecule has 0 aliphatic carbocycles. The van der Waals surface area contributed by atoms with Gasteiger partial charge in [-0.05, 0) is 26.0 Å². The minimum Gasteiger partial charge on any atom is -0.496 e. The van der Waals surface area contributed by atoms with Gasteiger partial charge in [-0.2, -0.15) is 5.26 Å². The number of nitrogens with zero attached hydrogens (tertiary/aromatic N) is 2. The summed E-state index contributed by atoms with van der Waals surface area (Å²) in [5.74, 6) is 0.0902. The number of hydrogen-bond acceptors (Lipinski definition) is 5. The number of para-hydroxylation sites is 1. The van der Waals surface area contributed by atoms with E-state index in [2.05, 4.69) is 10.3 Å². The molecule has 2 aromatic carbocycles. The quantitative estimate of drug-likeness (QED) is 0.493. The Labute approximate surface area is 167 Å². The Morgan fingerprint density at radius 2 is 1.89 bits per heavy atom. The van der Waals surface area contributed by atoms with Gasteiger partial charge < -0.3 is 4.74 Å². The number of carbonyl (C=O) groups excluding carboxylic acids is 1. The number of aryl methyl sites for hydroxylation is 2. The van der Waals surface area contributed by atoms with Crippen LogP contribution in [0.15, 0.2) is 54.1 Å². The lowest BCUT2D eigenvalue weighted by molar-refractivity contribution is -0.112. The summed E-state index contributed by atoms with van der Waals surface area (Å²) in [6.07, 6.45) is 1.51. The number of methoxy groups -OCH3 is 1. The van der Waals surface area contributed by atoms with Crippen LogP contribution in [0.5, 0.6) is 5.75 Å². The summed E-state index contributed by atoms with van der Waals surface area (Å²) in [7, 11) is 1.55.